The van der Waals surface area contributed by atoms with Gasteiger partial charge in [-0.15, -0.1) is 0 Å². The number of ether oxygens (including phenoxy) is 2. The summed E-state index contributed by atoms with van der Waals surface area (Å²) in [5, 5.41) is 0. The van der Waals surface area contributed by atoms with Crippen LogP contribution in [0, 0.1) is 5.92 Å². The Morgan fingerprint density at radius 3 is 2.00 bits per heavy atom. The molecule has 0 rings (SSSR count). The Hall–Kier alpha value is -1.32. The van der Waals surface area contributed by atoms with Gasteiger partial charge in [-0.1, -0.05) is 13.8 Å². The van der Waals surface area contributed by atoms with Crippen LogP contribution in [0.4, 0.5) is 0 Å². The van der Waals surface area contributed by atoms with Gasteiger partial charge in [-0.25, -0.2) is 9.59 Å². The Labute approximate surface area is 77.5 Å². The summed E-state index contributed by atoms with van der Waals surface area (Å²) >= 11 is 0. The van der Waals surface area contributed by atoms with Crippen molar-refractivity contribution >= 4 is 11.9 Å². The highest BCUT2D eigenvalue weighted by molar-refractivity contribution is 5.96. The lowest BCUT2D eigenvalue weighted by Gasteiger charge is -2.07. The predicted octanol–water partition coefficient (Wildman–Crippen LogP) is 0.915. The molecule has 0 atom stereocenters. The van der Waals surface area contributed by atoms with Crippen LogP contribution in [-0.2, 0) is 19.1 Å². The van der Waals surface area contributed by atoms with Crippen molar-refractivity contribution in [3.8, 4) is 0 Å². The van der Waals surface area contributed by atoms with Gasteiger partial charge in [0.2, 0.25) is 0 Å². The van der Waals surface area contributed by atoms with Gasteiger partial charge in [0.25, 0.3) is 0 Å². The number of methoxy groups -OCH3 is 2. The second kappa shape index (κ2) is 5.35. The maximum absolute atomic E-state index is 11.1. The molecule has 0 aliphatic carbocycles. The van der Waals surface area contributed by atoms with Crippen molar-refractivity contribution in [1.82, 2.24) is 0 Å². The van der Waals surface area contributed by atoms with Gasteiger partial charge < -0.3 is 9.47 Å². The van der Waals surface area contributed by atoms with E-state index >= 15 is 0 Å². The van der Waals surface area contributed by atoms with Crippen molar-refractivity contribution in [1.29, 1.82) is 0 Å². The molecule has 0 N–H and O–H groups in total. The summed E-state index contributed by atoms with van der Waals surface area (Å²) in [7, 11) is 2.53. The molecule has 0 saturated carbocycles. The first-order valence-corrected chi connectivity index (χ1v) is 3.90. The van der Waals surface area contributed by atoms with E-state index in [1.807, 2.05) is 0 Å². The Morgan fingerprint density at radius 2 is 1.69 bits per heavy atom. The molecule has 0 bridgehead atoms. The van der Waals surface area contributed by atoms with E-state index in [1.165, 1.54) is 14.2 Å². The second-order valence-corrected chi connectivity index (χ2v) is 2.77. The monoisotopic (exact) mass is 186 g/mol. The number of carbonyl (C=O) groups is 2. The van der Waals surface area contributed by atoms with Gasteiger partial charge in [-0.2, -0.15) is 0 Å². The molecule has 4 nitrogen and oxygen atoms in total. The van der Waals surface area contributed by atoms with Crippen LogP contribution in [-0.4, -0.2) is 26.2 Å². The molecule has 4 heteroatoms. The van der Waals surface area contributed by atoms with Gasteiger partial charge in [0.05, 0.1) is 14.2 Å². The van der Waals surface area contributed by atoms with Crippen molar-refractivity contribution < 1.29 is 19.1 Å². The normalized spacial score (nSPS) is 11.3. The molecule has 0 aromatic carbocycles. The predicted molar refractivity (Wildman–Crippen MR) is 47.0 cm³/mol. The van der Waals surface area contributed by atoms with Crippen LogP contribution in [0.3, 0.4) is 0 Å². The van der Waals surface area contributed by atoms with E-state index in [0.29, 0.717) is 5.57 Å². The number of carbonyl (C=O) groups excluding carboxylic acids is 2. The van der Waals surface area contributed by atoms with Crippen LogP contribution in [0.5, 0.6) is 0 Å². The summed E-state index contributed by atoms with van der Waals surface area (Å²) in [6, 6.07) is 0. The average Bonchev–Trinajstić information content (AvgIpc) is 2.11. The van der Waals surface area contributed by atoms with Gasteiger partial charge in [0.15, 0.2) is 0 Å². The first-order chi connectivity index (χ1) is 6.02. The van der Waals surface area contributed by atoms with Gasteiger partial charge in [0.1, 0.15) is 0 Å². The van der Waals surface area contributed by atoms with Crippen LogP contribution in [0.2, 0.25) is 0 Å². The molecule has 0 spiro atoms. The zero-order valence-electron chi connectivity index (χ0n) is 8.29. The van der Waals surface area contributed by atoms with Crippen molar-refractivity contribution in [2.45, 2.75) is 13.8 Å². The standard InChI is InChI=1S/C9H14O4/c1-6(2)7(9(11)13-4)5-8(10)12-3/h5-6H,1-4H3/b7-5-. The van der Waals surface area contributed by atoms with E-state index in [0.717, 1.165) is 6.08 Å². The fourth-order valence-corrected chi connectivity index (χ4v) is 0.765. The van der Waals surface area contributed by atoms with Crippen LogP contribution < -0.4 is 0 Å². The second-order valence-electron chi connectivity index (χ2n) is 2.77. The summed E-state index contributed by atoms with van der Waals surface area (Å²) in [4.78, 5) is 21.9. The number of hydrogen-bond donors (Lipinski definition) is 0. The first kappa shape index (κ1) is 11.7. The molecule has 13 heavy (non-hydrogen) atoms. The third kappa shape index (κ3) is 3.73. The van der Waals surface area contributed by atoms with Gasteiger partial charge in [-0.05, 0) is 5.92 Å². The third-order valence-corrected chi connectivity index (χ3v) is 1.52. The Kier molecular flexibility index (Phi) is 4.80. The van der Waals surface area contributed by atoms with Gasteiger partial charge in [-0.3, -0.25) is 0 Å². The molecule has 0 saturated heterocycles. The van der Waals surface area contributed by atoms with Crippen molar-refractivity contribution in [2.75, 3.05) is 14.2 Å². The van der Waals surface area contributed by atoms with Crippen molar-refractivity contribution in [2.24, 2.45) is 5.92 Å². The summed E-state index contributed by atoms with van der Waals surface area (Å²) < 4.78 is 8.91. The molecule has 0 heterocycles. The average molecular weight is 186 g/mol. The highest BCUT2D eigenvalue weighted by atomic mass is 16.5. The highest BCUT2D eigenvalue weighted by Gasteiger charge is 2.15. The molecular formula is C9H14O4. The molecule has 0 radical (unpaired) electrons. The Balaban J connectivity index is 4.70. The molecular weight excluding hydrogens is 172 g/mol. The molecule has 0 aromatic rings. The molecule has 0 aromatic heterocycles. The smallest absolute Gasteiger partial charge is 0.334 e. The molecule has 0 aliphatic rings. The minimum Gasteiger partial charge on any atom is -0.466 e. The van der Waals surface area contributed by atoms with E-state index in [2.05, 4.69) is 9.47 Å². The highest BCUT2D eigenvalue weighted by Crippen LogP contribution is 2.11. The maximum Gasteiger partial charge on any atom is 0.334 e. The summed E-state index contributed by atoms with van der Waals surface area (Å²) in [6.07, 6.45) is 1.15. The molecule has 0 amide bonds. The summed E-state index contributed by atoms with van der Waals surface area (Å²) in [6.45, 7) is 3.59. The van der Waals surface area contributed by atoms with Crippen molar-refractivity contribution in [3.63, 3.8) is 0 Å². The van der Waals surface area contributed by atoms with Crippen LogP contribution in [0.25, 0.3) is 0 Å². The fraction of sp³-hybridized carbons (Fsp3) is 0.556. The van der Waals surface area contributed by atoms with E-state index in [4.69, 9.17) is 0 Å². The number of esters is 2. The van der Waals surface area contributed by atoms with Gasteiger partial charge >= 0.3 is 11.9 Å². The topological polar surface area (TPSA) is 52.6 Å². The van der Waals surface area contributed by atoms with Crippen molar-refractivity contribution in [3.05, 3.63) is 11.6 Å². The summed E-state index contributed by atoms with van der Waals surface area (Å²) in [5.74, 6) is -1.11. The quantitative estimate of drug-likeness (QED) is 0.485. The van der Waals surface area contributed by atoms with E-state index < -0.39 is 11.9 Å². The summed E-state index contributed by atoms with van der Waals surface area (Å²) in [5.41, 5.74) is 0.314. The van der Waals surface area contributed by atoms with Gasteiger partial charge in [0, 0.05) is 11.6 Å². The minimum absolute atomic E-state index is 0.0634. The SMILES string of the molecule is COC(=O)/C=C(\C(=O)OC)C(C)C. The van der Waals surface area contributed by atoms with E-state index in [1.54, 1.807) is 13.8 Å². The first-order valence-electron chi connectivity index (χ1n) is 3.90. The zero-order valence-corrected chi connectivity index (χ0v) is 8.29. The van der Waals surface area contributed by atoms with Crippen LogP contribution in [0.1, 0.15) is 13.8 Å². The maximum atomic E-state index is 11.1. The Bertz CT molecular complexity index is 228. The van der Waals surface area contributed by atoms with Crippen LogP contribution in [0.15, 0.2) is 11.6 Å². The van der Waals surface area contributed by atoms with Crippen LogP contribution >= 0.6 is 0 Å². The largest absolute Gasteiger partial charge is 0.466 e. The fourth-order valence-electron chi connectivity index (χ4n) is 0.765. The Morgan fingerprint density at radius 1 is 1.15 bits per heavy atom. The lowest BCUT2D eigenvalue weighted by atomic mass is 10.0. The minimum atomic E-state index is -0.547. The molecule has 74 valence electrons. The van der Waals surface area contributed by atoms with E-state index in [9.17, 15) is 9.59 Å². The third-order valence-electron chi connectivity index (χ3n) is 1.52. The van der Waals surface area contributed by atoms with E-state index in [-0.39, 0.29) is 5.92 Å². The molecule has 0 fully saturated rings. The zero-order chi connectivity index (χ0) is 10.4. The molecule has 0 unspecified atom stereocenters. The lowest BCUT2D eigenvalue weighted by Crippen LogP contribution is -2.12. The lowest BCUT2D eigenvalue weighted by molar-refractivity contribution is -0.138. The number of hydrogen-bond acceptors (Lipinski definition) is 4. The molecule has 0 aliphatic heterocycles. The number of rotatable bonds is 3.